The number of aromatic nitrogens is 1. The van der Waals surface area contributed by atoms with E-state index in [4.69, 9.17) is 16.3 Å². The molecule has 1 amide bonds. The van der Waals surface area contributed by atoms with Gasteiger partial charge in [0.1, 0.15) is 0 Å². The minimum Gasteiger partial charge on any atom is -0.379 e. The molecule has 1 aliphatic rings. The average molecular weight is 492 g/mol. The first-order chi connectivity index (χ1) is 17.2. The highest BCUT2D eigenvalue weighted by Crippen LogP contribution is 2.22. The summed E-state index contributed by atoms with van der Waals surface area (Å²) in [6, 6.07) is 17.8. The molecular weight excluding hydrogens is 458 g/mol. The lowest BCUT2D eigenvalue weighted by Crippen LogP contribution is -2.36. The largest absolute Gasteiger partial charge is 0.379 e. The van der Waals surface area contributed by atoms with Crippen molar-refractivity contribution < 1.29 is 9.53 Å². The number of benzene rings is 2. The van der Waals surface area contributed by atoms with Crippen molar-refractivity contribution in [1.29, 1.82) is 0 Å². The summed E-state index contributed by atoms with van der Waals surface area (Å²) in [5.74, 6) is -0.0997. The first-order valence-electron chi connectivity index (χ1n) is 12.6. The van der Waals surface area contributed by atoms with Gasteiger partial charge in [-0.2, -0.15) is 0 Å². The Morgan fingerprint density at radius 2 is 1.71 bits per heavy atom. The van der Waals surface area contributed by atoms with E-state index in [9.17, 15) is 4.79 Å². The van der Waals surface area contributed by atoms with Gasteiger partial charge < -0.3 is 10.1 Å². The number of halogens is 1. The van der Waals surface area contributed by atoms with Crippen LogP contribution in [0.1, 0.15) is 46.3 Å². The summed E-state index contributed by atoms with van der Waals surface area (Å²) in [6.07, 6.45) is 9.52. The van der Waals surface area contributed by atoms with Gasteiger partial charge >= 0.3 is 0 Å². The molecule has 0 radical (unpaired) electrons. The maximum Gasteiger partial charge on any atom is 0.255 e. The van der Waals surface area contributed by atoms with Gasteiger partial charge in [0.15, 0.2) is 0 Å². The van der Waals surface area contributed by atoms with Gasteiger partial charge in [0.25, 0.3) is 5.91 Å². The highest BCUT2D eigenvalue weighted by atomic mass is 35.5. The molecule has 3 aromatic rings. The minimum atomic E-state index is -0.0997. The van der Waals surface area contributed by atoms with Crippen LogP contribution in [0.2, 0.25) is 5.02 Å². The van der Waals surface area contributed by atoms with Crippen LogP contribution in [-0.4, -0.2) is 48.6 Å². The molecule has 6 heteroatoms. The molecule has 1 fully saturated rings. The van der Waals surface area contributed by atoms with Crippen LogP contribution in [0.3, 0.4) is 0 Å². The summed E-state index contributed by atoms with van der Waals surface area (Å²) in [7, 11) is 0. The number of aryl methyl sites for hydroxylation is 3. The van der Waals surface area contributed by atoms with Crippen molar-refractivity contribution in [3.8, 4) is 0 Å². The van der Waals surface area contributed by atoms with Crippen LogP contribution >= 0.6 is 11.6 Å². The second-order valence-electron chi connectivity index (χ2n) is 9.03. The number of carbonyl (C=O) groups is 1. The Bertz CT molecular complexity index is 1080. The van der Waals surface area contributed by atoms with E-state index >= 15 is 0 Å². The fraction of sp³-hybridized carbons (Fsp3) is 0.379. The number of pyridine rings is 1. The van der Waals surface area contributed by atoms with Crippen LogP contribution in [0, 0.1) is 0 Å². The third-order valence-corrected chi connectivity index (χ3v) is 6.75. The van der Waals surface area contributed by atoms with Crippen molar-refractivity contribution in [2.24, 2.45) is 0 Å². The van der Waals surface area contributed by atoms with Crippen LogP contribution in [0.4, 0.5) is 5.69 Å². The number of nitrogens with one attached hydrogen (secondary N) is 1. The van der Waals surface area contributed by atoms with Crippen molar-refractivity contribution in [2.45, 2.75) is 38.5 Å². The smallest absolute Gasteiger partial charge is 0.255 e. The molecule has 2 aromatic carbocycles. The summed E-state index contributed by atoms with van der Waals surface area (Å²) in [5, 5.41) is 3.73. The summed E-state index contributed by atoms with van der Waals surface area (Å²) < 4.78 is 5.44. The Kier molecular flexibility index (Phi) is 9.70. The number of rotatable bonds is 11. The number of nitrogens with zero attached hydrogens (tertiary/aromatic N) is 2. The third-order valence-electron chi connectivity index (χ3n) is 6.52. The van der Waals surface area contributed by atoms with E-state index in [0.717, 1.165) is 69.1 Å². The highest BCUT2D eigenvalue weighted by molar-refractivity contribution is 6.30. The van der Waals surface area contributed by atoms with Crippen molar-refractivity contribution in [3.63, 3.8) is 0 Å². The first kappa shape index (κ1) is 25.4. The predicted octanol–water partition coefficient (Wildman–Crippen LogP) is 5.82. The fourth-order valence-electron chi connectivity index (χ4n) is 4.61. The standard InChI is InChI=1S/C29H34ClN3O2/c30-26-14-13-23(7-3-4-16-33-17-19-35-20-18-33)25(21-26)10-5-9-24-8-1-2-12-28(24)29(34)32-27-11-6-15-31-22-27/h1-2,6,8,11-15,21-22H,3-5,7,9-10,16-20H2,(H,32,34). The Labute approximate surface area is 213 Å². The molecule has 0 saturated carbocycles. The number of hydrogen-bond acceptors (Lipinski definition) is 4. The van der Waals surface area contributed by atoms with Gasteiger partial charge in [-0.3, -0.25) is 14.7 Å². The lowest BCUT2D eigenvalue weighted by atomic mass is 9.95. The van der Waals surface area contributed by atoms with Gasteiger partial charge in [0.05, 0.1) is 25.1 Å². The van der Waals surface area contributed by atoms with Crippen molar-refractivity contribution in [3.05, 3.63) is 94.3 Å². The summed E-state index contributed by atoms with van der Waals surface area (Å²) in [5.41, 5.74) is 5.18. The zero-order valence-corrected chi connectivity index (χ0v) is 21.0. The monoisotopic (exact) mass is 491 g/mol. The molecule has 0 bridgehead atoms. The van der Waals surface area contributed by atoms with Crippen LogP contribution in [0.25, 0.3) is 0 Å². The molecule has 0 aliphatic carbocycles. The van der Waals surface area contributed by atoms with E-state index in [1.807, 2.05) is 42.5 Å². The second-order valence-corrected chi connectivity index (χ2v) is 9.47. The van der Waals surface area contributed by atoms with Gasteiger partial charge in [0, 0.05) is 29.9 Å². The fourth-order valence-corrected chi connectivity index (χ4v) is 4.81. The highest BCUT2D eigenvalue weighted by Gasteiger charge is 2.13. The molecule has 1 aliphatic heterocycles. The van der Waals surface area contributed by atoms with Crippen LogP contribution < -0.4 is 5.32 Å². The number of carbonyl (C=O) groups excluding carboxylic acids is 1. The van der Waals surface area contributed by atoms with E-state index in [0.29, 0.717) is 11.3 Å². The molecule has 1 N–H and O–H groups in total. The molecular formula is C29H34ClN3O2. The van der Waals surface area contributed by atoms with E-state index in [1.54, 1.807) is 12.4 Å². The SMILES string of the molecule is O=C(Nc1cccnc1)c1ccccc1CCCc1cc(Cl)ccc1CCCCN1CCOCC1. The Hall–Kier alpha value is -2.73. The van der Waals surface area contributed by atoms with Crippen LogP contribution in [0.5, 0.6) is 0 Å². The normalized spacial score (nSPS) is 14.1. The Morgan fingerprint density at radius 3 is 2.54 bits per heavy atom. The number of anilines is 1. The summed E-state index contributed by atoms with van der Waals surface area (Å²) >= 11 is 6.34. The van der Waals surface area contributed by atoms with Crippen molar-refractivity contribution in [1.82, 2.24) is 9.88 Å². The number of amides is 1. The van der Waals surface area contributed by atoms with Gasteiger partial charge in [-0.05, 0) is 92.1 Å². The van der Waals surface area contributed by atoms with Gasteiger partial charge in [-0.15, -0.1) is 0 Å². The maximum absolute atomic E-state index is 12.9. The average Bonchev–Trinajstić information content (AvgIpc) is 2.89. The third kappa shape index (κ3) is 7.89. The topological polar surface area (TPSA) is 54.5 Å². The molecule has 2 heterocycles. The van der Waals surface area contributed by atoms with E-state index < -0.39 is 0 Å². The zero-order chi connectivity index (χ0) is 24.3. The van der Waals surface area contributed by atoms with Gasteiger partial charge in [0.2, 0.25) is 0 Å². The predicted molar refractivity (Wildman–Crippen MR) is 142 cm³/mol. The Morgan fingerprint density at radius 1 is 0.914 bits per heavy atom. The van der Waals surface area contributed by atoms with Gasteiger partial charge in [-0.1, -0.05) is 35.9 Å². The molecule has 35 heavy (non-hydrogen) atoms. The maximum atomic E-state index is 12.9. The number of morpholine rings is 1. The molecule has 0 atom stereocenters. The first-order valence-corrected chi connectivity index (χ1v) is 12.9. The quantitative estimate of drug-likeness (QED) is 0.343. The minimum absolute atomic E-state index is 0.0997. The summed E-state index contributed by atoms with van der Waals surface area (Å²) in [4.78, 5) is 19.4. The molecule has 1 saturated heterocycles. The number of unbranched alkanes of at least 4 members (excludes halogenated alkanes) is 1. The lowest BCUT2D eigenvalue weighted by Gasteiger charge is -2.26. The number of hydrogen-bond donors (Lipinski definition) is 1. The van der Waals surface area contributed by atoms with Crippen molar-refractivity contribution in [2.75, 3.05) is 38.2 Å². The molecule has 184 valence electrons. The van der Waals surface area contributed by atoms with E-state index in [1.165, 1.54) is 24.0 Å². The van der Waals surface area contributed by atoms with E-state index in [-0.39, 0.29) is 5.91 Å². The molecule has 0 spiro atoms. The van der Waals surface area contributed by atoms with Crippen molar-refractivity contribution >= 4 is 23.2 Å². The number of ether oxygens (including phenoxy) is 1. The summed E-state index contributed by atoms with van der Waals surface area (Å²) in [6.45, 7) is 4.96. The molecule has 4 rings (SSSR count). The van der Waals surface area contributed by atoms with Crippen LogP contribution in [-0.2, 0) is 24.0 Å². The zero-order valence-electron chi connectivity index (χ0n) is 20.2. The molecule has 5 nitrogen and oxygen atoms in total. The second kappa shape index (κ2) is 13.4. The van der Waals surface area contributed by atoms with E-state index in [2.05, 4.69) is 27.3 Å². The lowest BCUT2D eigenvalue weighted by molar-refractivity contribution is 0.0372. The Balaban J connectivity index is 1.31. The van der Waals surface area contributed by atoms with Crippen LogP contribution in [0.15, 0.2) is 67.0 Å². The van der Waals surface area contributed by atoms with Gasteiger partial charge in [-0.25, -0.2) is 0 Å². The molecule has 1 aromatic heterocycles. The molecule has 0 unspecified atom stereocenters.